The van der Waals surface area contributed by atoms with Gasteiger partial charge in [-0.25, -0.2) is 0 Å². The van der Waals surface area contributed by atoms with Crippen LogP contribution < -0.4 is 5.73 Å². The van der Waals surface area contributed by atoms with Crippen molar-refractivity contribution in [3.63, 3.8) is 0 Å². The van der Waals surface area contributed by atoms with Crippen LogP contribution in [-0.4, -0.2) is 47.2 Å². The van der Waals surface area contributed by atoms with Crippen molar-refractivity contribution in [1.29, 1.82) is 0 Å². The van der Waals surface area contributed by atoms with Crippen LogP contribution in [0, 0.1) is 0 Å². The van der Waals surface area contributed by atoms with Gasteiger partial charge in [0.05, 0.1) is 4.87 Å². The molecule has 0 spiro atoms. The van der Waals surface area contributed by atoms with Crippen molar-refractivity contribution < 1.29 is 9.53 Å². The van der Waals surface area contributed by atoms with Crippen LogP contribution in [0.4, 0.5) is 0 Å². The molecule has 88 valence electrons. The molecule has 0 aromatic rings. The third-order valence-electron chi connectivity index (χ3n) is 2.36. The molecule has 2 heterocycles. The average Bonchev–Trinajstić information content (AvgIpc) is 2.69. The van der Waals surface area contributed by atoms with Crippen LogP contribution in [0.3, 0.4) is 0 Å². The van der Waals surface area contributed by atoms with Crippen molar-refractivity contribution in [3.05, 3.63) is 0 Å². The van der Waals surface area contributed by atoms with Crippen molar-refractivity contribution in [3.8, 4) is 0 Å². The summed E-state index contributed by atoms with van der Waals surface area (Å²) in [5.74, 6) is 1.29. The SMILES string of the molecule is CC(C)(C)OC=O.NCC12CN1CCS2. The molecule has 0 radical (unpaired) electrons. The fraction of sp³-hybridized carbons (Fsp3) is 0.900. The summed E-state index contributed by atoms with van der Waals surface area (Å²) in [4.78, 5) is 12.5. The number of fused-ring (bicyclic) bond motifs is 1. The monoisotopic (exact) mass is 232 g/mol. The number of ether oxygens (including phenoxy) is 1. The van der Waals surface area contributed by atoms with Gasteiger partial charge in [0.1, 0.15) is 5.60 Å². The first-order chi connectivity index (χ1) is 6.93. The van der Waals surface area contributed by atoms with E-state index in [4.69, 9.17) is 5.73 Å². The third kappa shape index (κ3) is 3.66. The zero-order chi connectivity index (χ0) is 11.5. The molecular weight excluding hydrogens is 212 g/mol. The topological polar surface area (TPSA) is 55.3 Å². The Kier molecular flexibility index (Phi) is 4.03. The van der Waals surface area contributed by atoms with Gasteiger partial charge in [-0.1, -0.05) is 0 Å². The van der Waals surface area contributed by atoms with Crippen LogP contribution in [-0.2, 0) is 9.53 Å². The first kappa shape index (κ1) is 12.8. The molecule has 2 saturated heterocycles. The Morgan fingerprint density at radius 1 is 1.60 bits per heavy atom. The first-order valence-corrected chi connectivity index (χ1v) is 6.13. The molecule has 2 aliphatic rings. The van der Waals surface area contributed by atoms with Crippen LogP contribution in [0.15, 0.2) is 0 Å². The standard InChI is InChI=1S/C5H10N2S.C5H10O2/c6-3-5-4-7(5)1-2-8-5;1-5(2,3)7-4-6/h1-4,6H2;4H,1-3H3. The Hall–Kier alpha value is -0.260. The molecule has 0 aromatic carbocycles. The molecule has 2 fully saturated rings. The second-order valence-electron chi connectivity index (χ2n) is 4.75. The molecule has 5 heteroatoms. The lowest BCUT2D eigenvalue weighted by Gasteiger charge is -2.14. The Morgan fingerprint density at radius 2 is 2.27 bits per heavy atom. The van der Waals surface area contributed by atoms with E-state index in [0.717, 1.165) is 6.54 Å². The van der Waals surface area contributed by atoms with E-state index in [9.17, 15) is 4.79 Å². The zero-order valence-electron chi connectivity index (χ0n) is 9.66. The van der Waals surface area contributed by atoms with Crippen LogP contribution in [0.1, 0.15) is 20.8 Å². The molecule has 0 amide bonds. The summed E-state index contributed by atoms with van der Waals surface area (Å²) in [6.45, 7) is 9.28. The highest BCUT2D eigenvalue weighted by atomic mass is 32.2. The minimum atomic E-state index is -0.318. The molecule has 0 bridgehead atoms. The predicted molar refractivity (Wildman–Crippen MR) is 62.7 cm³/mol. The predicted octanol–water partition coefficient (Wildman–Crippen LogP) is 0.662. The van der Waals surface area contributed by atoms with Gasteiger partial charge < -0.3 is 10.5 Å². The van der Waals surface area contributed by atoms with Crippen molar-refractivity contribution in [1.82, 2.24) is 4.90 Å². The molecule has 0 aliphatic carbocycles. The largest absolute Gasteiger partial charge is 0.462 e. The number of hydrogen-bond donors (Lipinski definition) is 1. The normalized spacial score (nSPS) is 32.4. The summed E-state index contributed by atoms with van der Waals surface area (Å²) >= 11 is 2.02. The van der Waals surface area contributed by atoms with Crippen molar-refractivity contribution in [2.75, 3.05) is 25.4 Å². The quantitative estimate of drug-likeness (QED) is 0.560. The maximum absolute atomic E-state index is 9.60. The van der Waals surface area contributed by atoms with E-state index in [1.807, 2.05) is 32.5 Å². The van der Waals surface area contributed by atoms with E-state index in [2.05, 4.69) is 9.64 Å². The van der Waals surface area contributed by atoms with Gasteiger partial charge >= 0.3 is 0 Å². The van der Waals surface area contributed by atoms with E-state index in [-0.39, 0.29) is 5.60 Å². The van der Waals surface area contributed by atoms with Gasteiger partial charge in [-0.2, -0.15) is 0 Å². The van der Waals surface area contributed by atoms with Crippen LogP contribution in [0.2, 0.25) is 0 Å². The summed E-state index contributed by atoms with van der Waals surface area (Å²) in [7, 11) is 0. The first-order valence-electron chi connectivity index (χ1n) is 5.14. The highest BCUT2D eigenvalue weighted by Crippen LogP contribution is 2.47. The number of nitrogens with zero attached hydrogens (tertiary/aromatic N) is 1. The van der Waals surface area contributed by atoms with E-state index in [1.54, 1.807) is 0 Å². The van der Waals surface area contributed by atoms with Gasteiger partial charge in [-0.3, -0.25) is 9.69 Å². The molecule has 15 heavy (non-hydrogen) atoms. The van der Waals surface area contributed by atoms with E-state index in [1.165, 1.54) is 18.8 Å². The highest BCUT2D eigenvalue weighted by molar-refractivity contribution is 8.01. The summed E-state index contributed by atoms with van der Waals surface area (Å²) in [5, 5.41) is 0. The van der Waals surface area contributed by atoms with Gasteiger partial charge in [-0.15, -0.1) is 11.8 Å². The molecule has 2 unspecified atom stereocenters. The number of rotatable bonds is 2. The molecule has 0 saturated carbocycles. The van der Waals surface area contributed by atoms with Gasteiger partial charge in [-0.05, 0) is 20.8 Å². The highest BCUT2D eigenvalue weighted by Gasteiger charge is 2.54. The van der Waals surface area contributed by atoms with Crippen LogP contribution >= 0.6 is 11.8 Å². The fourth-order valence-corrected chi connectivity index (χ4v) is 2.76. The number of carbonyl (C=O) groups excluding carboxylic acids is 1. The van der Waals surface area contributed by atoms with Gasteiger partial charge in [0.2, 0.25) is 0 Å². The fourth-order valence-electron chi connectivity index (χ4n) is 1.43. The maximum atomic E-state index is 9.60. The molecule has 2 atom stereocenters. The Morgan fingerprint density at radius 3 is 2.40 bits per heavy atom. The van der Waals surface area contributed by atoms with Crippen molar-refractivity contribution in [2.45, 2.75) is 31.2 Å². The lowest BCUT2D eigenvalue weighted by Crippen LogP contribution is -2.20. The molecular formula is C10H20N2O2S. The number of hydrogen-bond acceptors (Lipinski definition) is 5. The number of thioether (sulfide) groups is 1. The lowest BCUT2D eigenvalue weighted by molar-refractivity contribution is -0.138. The molecule has 2 rings (SSSR count). The van der Waals surface area contributed by atoms with Gasteiger partial charge in [0, 0.05) is 25.4 Å². The maximum Gasteiger partial charge on any atom is 0.293 e. The zero-order valence-corrected chi connectivity index (χ0v) is 10.5. The summed E-state index contributed by atoms with van der Waals surface area (Å²) < 4.78 is 4.55. The molecule has 2 aliphatic heterocycles. The third-order valence-corrected chi connectivity index (χ3v) is 3.84. The molecule has 2 N–H and O–H groups in total. The van der Waals surface area contributed by atoms with E-state index >= 15 is 0 Å². The molecule has 4 nitrogen and oxygen atoms in total. The van der Waals surface area contributed by atoms with Crippen molar-refractivity contribution >= 4 is 18.2 Å². The van der Waals surface area contributed by atoms with Crippen LogP contribution in [0.25, 0.3) is 0 Å². The summed E-state index contributed by atoms with van der Waals surface area (Å²) in [6.07, 6.45) is 0. The number of carbonyl (C=O) groups is 1. The second-order valence-corrected chi connectivity index (χ2v) is 6.20. The molecule has 0 aromatic heterocycles. The van der Waals surface area contributed by atoms with E-state index < -0.39 is 0 Å². The lowest BCUT2D eigenvalue weighted by atomic mass is 10.2. The number of nitrogens with two attached hydrogens (primary N) is 1. The van der Waals surface area contributed by atoms with E-state index in [0.29, 0.717) is 11.3 Å². The summed E-state index contributed by atoms with van der Waals surface area (Å²) in [5.41, 5.74) is 5.23. The Labute approximate surface area is 95.5 Å². The average molecular weight is 232 g/mol. The van der Waals surface area contributed by atoms with Gasteiger partial charge in [0.25, 0.3) is 6.47 Å². The smallest absolute Gasteiger partial charge is 0.293 e. The van der Waals surface area contributed by atoms with Gasteiger partial charge in [0.15, 0.2) is 0 Å². The minimum absolute atomic E-state index is 0.318. The van der Waals surface area contributed by atoms with Crippen LogP contribution in [0.5, 0.6) is 0 Å². The minimum Gasteiger partial charge on any atom is -0.462 e. The van der Waals surface area contributed by atoms with Crippen molar-refractivity contribution in [2.24, 2.45) is 5.73 Å². The Balaban J connectivity index is 0.000000153. The second kappa shape index (κ2) is 4.72. The Bertz CT molecular complexity index is 226. The summed E-state index contributed by atoms with van der Waals surface area (Å²) in [6, 6.07) is 0.